The Labute approximate surface area is 142 Å². The van der Waals surface area contributed by atoms with Crippen LogP contribution in [0.3, 0.4) is 0 Å². The molecule has 1 aromatic carbocycles. The van der Waals surface area contributed by atoms with Crippen LogP contribution in [-0.4, -0.2) is 32.9 Å². The molecule has 0 unspecified atom stereocenters. The van der Waals surface area contributed by atoms with Crippen molar-refractivity contribution in [3.63, 3.8) is 0 Å². The van der Waals surface area contributed by atoms with Crippen molar-refractivity contribution in [1.29, 1.82) is 5.26 Å². The van der Waals surface area contributed by atoms with E-state index in [0.29, 0.717) is 11.1 Å². The maximum absolute atomic E-state index is 12.4. The summed E-state index contributed by atoms with van der Waals surface area (Å²) < 4.78 is 6.40. The van der Waals surface area contributed by atoms with Gasteiger partial charge in [-0.1, -0.05) is 18.2 Å². The molecule has 0 aliphatic heterocycles. The predicted octanol–water partition coefficient (Wildman–Crippen LogP) is 2.03. The molecule has 2 heterocycles. The number of hydrogen-bond donors (Lipinski definition) is 1. The van der Waals surface area contributed by atoms with Crippen LogP contribution in [0.5, 0.6) is 0 Å². The van der Waals surface area contributed by atoms with E-state index in [0.717, 1.165) is 0 Å². The van der Waals surface area contributed by atoms with E-state index >= 15 is 0 Å². The maximum atomic E-state index is 12.4. The number of amides is 1. The minimum absolute atomic E-state index is 0.000369. The normalized spacial score (nSPS) is 10.2. The number of ether oxygens (including phenoxy) is 1. The third-order valence-electron chi connectivity index (χ3n) is 3.37. The van der Waals surface area contributed by atoms with Crippen LogP contribution in [0.15, 0.2) is 42.9 Å². The van der Waals surface area contributed by atoms with Crippen LogP contribution in [0.25, 0.3) is 5.52 Å². The standard InChI is InChI=1S/C17H13N5O3/c1-2-25-17(24)13-9-22-10-19-12(8-18)14(22)15(20-13)21-16(23)11-6-4-3-5-7-11/h3-7,9-10H,2H2,1H3,(H,20,21,23). The zero-order valence-electron chi connectivity index (χ0n) is 13.3. The molecule has 1 amide bonds. The SMILES string of the molecule is CCOC(=O)c1cn2cnc(C#N)c2c(NC(=O)c2ccccc2)n1. The molecule has 8 heteroatoms. The van der Waals surface area contributed by atoms with Gasteiger partial charge in [-0.2, -0.15) is 5.26 Å². The van der Waals surface area contributed by atoms with E-state index in [1.807, 2.05) is 6.07 Å². The third-order valence-corrected chi connectivity index (χ3v) is 3.37. The van der Waals surface area contributed by atoms with Crippen molar-refractivity contribution in [3.05, 3.63) is 59.8 Å². The molecule has 8 nitrogen and oxygen atoms in total. The Morgan fingerprint density at radius 1 is 1.32 bits per heavy atom. The first-order valence-electron chi connectivity index (χ1n) is 7.45. The van der Waals surface area contributed by atoms with E-state index in [1.54, 1.807) is 37.3 Å². The summed E-state index contributed by atoms with van der Waals surface area (Å²) in [7, 11) is 0. The van der Waals surface area contributed by atoms with Gasteiger partial charge in [-0.15, -0.1) is 0 Å². The van der Waals surface area contributed by atoms with Crippen molar-refractivity contribution in [2.45, 2.75) is 6.92 Å². The van der Waals surface area contributed by atoms with Crippen molar-refractivity contribution in [2.24, 2.45) is 0 Å². The third kappa shape index (κ3) is 3.16. The van der Waals surface area contributed by atoms with E-state index in [9.17, 15) is 14.9 Å². The minimum atomic E-state index is -0.633. The number of carbonyl (C=O) groups is 2. The fraction of sp³-hybridized carbons (Fsp3) is 0.118. The summed E-state index contributed by atoms with van der Waals surface area (Å²) >= 11 is 0. The van der Waals surface area contributed by atoms with Crippen LogP contribution in [0.1, 0.15) is 33.5 Å². The fourth-order valence-corrected chi connectivity index (χ4v) is 2.27. The molecule has 124 valence electrons. The Kier molecular flexibility index (Phi) is 4.39. The molecule has 0 atom stereocenters. The van der Waals surface area contributed by atoms with Gasteiger partial charge in [-0.25, -0.2) is 14.8 Å². The first-order valence-corrected chi connectivity index (χ1v) is 7.45. The average molecular weight is 335 g/mol. The zero-order valence-corrected chi connectivity index (χ0v) is 13.3. The van der Waals surface area contributed by atoms with Crippen molar-refractivity contribution in [2.75, 3.05) is 11.9 Å². The molecule has 1 N–H and O–H groups in total. The molecule has 0 aliphatic rings. The van der Waals surface area contributed by atoms with Gasteiger partial charge < -0.3 is 10.1 Å². The highest BCUT2D eigenvalue weighted by atomic mass is 16.5. The van der Waals surface area contributed by atoms with Crippen LogP contribution in [-0.2, 0) is 4.74 Å². The van der Waals surface area contributed by atoms with E-state index < -0.39 is 11.9 Å². The summed E-state index contributed by atoms with van der Waals surface area (Å²) in [4.78, 5) is 32.5. The molecule has 0 fully saturated rings. The number of hydrogen-bond acceptors (Lipinski definition) is 6. The van der Waals surface area contributed by atoms with Gasteiger partial charge in [0.2, 0.25) is 0 Å². The highest BCUT2D eigenvalue weighted by Gasteiger charge is 2.19. The topological polar surface area (TPSA) is 109 Å². The van der Waals surface area contributed by atoms with Crippen molar-refractivity contribution >= 4 is 23.2 Å². The lowest BCUT2D eigenvalue weighted by atomic mass is 10.2. The summed E-state index contributed by atoms with van der Waals surface area (Å²) in [5.41, 5.74) is 0.813. The van der Waals surface area contributed by atoms with E-state index in [4.69, 9.17) is 4.74 Å². The van der Waals surface area contributed by atoms with Crippen molar-refractivity contribution in [1.82, 2.24) is 14.4 Å². The number of nitriles is 1. The largest absolute Gasteiger partial charge is 0.461 e. The van der Waals surface area contributed by atoms with Gasteiger partial charge in [0.1, 0.15) is 17.9 Å². The first-order chi connectivity index (χ1) is 12.1. The van der Waals surface area contributed by atoms with E-state index in [-0.39, 0.29) is 23.8 Å². The Hall–Kier alpha value is -3.73. The molecule has 25 heavy (non-hydrogen) atoms. The zero-order chi connectivity index (χ0) is 17.8. The van der Waals surface area contributed by atoms with Gasteiger partial charge in [-0.3, -0.25) is 9.20 Å². The Bertz CT molecular complexity index is 989. The van der Waals surface area contributed by atoms with E-state index in [2.05, 4.69) is 15.3 Å². The summed E-state index contributed by atoms with van der Waals surface area (Å²) in [5.74, 6) is -0.985. The average Bonchev–Trinajstić information content (AvgIpc) is 3.06. The van der Waals surface area contributed by atoms with Crippen LogP contribution < -0.4 is 5.32 Å². The minimum Gasteiger partial charge on any atom is -0.461 e. The van der Waals surface area contributed by atoms with Crippen molar-refractivity contribution < 1.29 is 14.3 Å². The predicted molar refractivity (Wildman–Crippen MR) is 88.1 cm³/mol. The highest BCUT2D eigenvalue weighted by molar-refractivity contribution is 6.06. The summed E-state index contributed by atoms with van der Waals surface area (Å²) in [6, 6.07) is 10.5. The Morgan fingerprint density at radius 3 is 2.76 bits per heavy atom. The molecule has 3 aromatic rings. The number of nitrogens with one attached hydrogen (secondary N) is 1. The number of esters is 1. The lowest BCUT2D eigenvalue weighted by Crippen LogP contribution is -2.16. The number of imidazole rings is 1. The second kappa shape index (κ2) is 6.80. The lowest BCUT2D eigenvalue weighted by molar-refractivity contribution is 0.0518. The first kappa shape index (κ1) is 16.1. The summed E-state index contributed by atoms with van der Waals surface area (Å²) in [6.07, 6.45) is 2.77. The van der Waals surface area contributed by atoms with Crippen LogP contribution in [0.2, 0.25) is 0 Å². The maximum Gasteiger partial charge on any atom is 0.358 e. The van der Waals surface area contributed by atoms with Crippen LogP contribution >= 0.6 is 0 Å². The van der Waals surface area contributed by atoms with E-state index in [1.165, 1.54) is 16.9 Å². The number of benzene rings is 1. The summed E-state index contributed by atoms with van der Waals surface area (Å²) in [5, 5.41) is 11.8. The summed E-state index contributed by atoms with van der Waals surface area (Å²) in [6.45, 7) is 1.87. The number of carbonyl (C=O) groups excluding carboxylic acids is 2. The number of fused-ring (bicyclic) bond motifs is 1. The molecule has 0 radical (unpaired) electrons. The van der Waals surface area contributed by atoms with Crippen LogP contribution in [0, 0.1) is 11.3 Å². The molecule has 3 rings (SSSR count). The lowest BCUT2D eigenvalue weighted by Gasteiger charge is -2.09. The fourth-order valence-electron chi connectivity index (χ4n) is 2.27. The van der Waals surface area contributed by atoms with Crippen molar-refractivity contribution in [3.8, 4) is 6.07 Å². The highest BCUT2D eigenvalue weighted by Crippen LogP contribution is 2.20. The number of nitrogens with zero attached hydrogens (tertiary/aromatic N) is 4. The quantitative estimate of drug-likeness (QED) is 0.731. The number of aromatic nitrogens is 3. The Balaban J connectivity index is 2.08. The Morgan fingerprint density at radius 2 is 2.08 bits per heavy atom. The molecular weight excluding hydrogens is 322 g/mol. The molecule has 0 spiro atoms. The smallest absolute Gasteiger partial charge is 0.358 e. The number of rotatable bonds is 4. The van der Waals surface area contributed by atoms with Crippen LogP contribution in [0.4, 0.5) is 5.82 Å². The van der Waals surface area contributed by atoms with Gasteiger partial charge in [-0.05, 0) is 19.1 Å². The molecule has 0 aliphatic carbocycles. The molecule has 2 aromatic heterocycles. The molecule has 0 bridgehead atoms. The van der Waals surface area contributed by atoms with Gasteiger partial charge in [0.05, 0.1) is 6.61 Å². The molecule has 0 saturated carbocycles. The second-order valence-electron chi connectivity index (χ2n) is 4.98. The molecular formula is C17H13N5O3. The number of anilines is 1. The monoisotopic (exact) mass is 335 g/mol. The van der Waals surface area contributed by atoms with Gasteiger partial charge in [0.25, 0.3) is 5.91 Å². The second-order valence-corrected chi connectivity index (χ2v) is 4.98. The van der Waals surface area contributed by atoms with Gasteiger partial charge in [0.15, 0.2) is 17.2 Å². The molecule has 0 saturated heterocycles. The van der Waals surface area contributed by atoms with Gasteiger partial charge in [0, 0.05) is 11.8 Å². The van der Waals surface area contributed by atoms with Gasteiger partial charge >= 0.3 is 5.97 Å².